The van der Waals surface area contributed by atoms with Crippen LogP contribution in [0.2, 0.25) is 0 Å². The third-order valence-electron chi connectivity index (χ3n) is 4.40. The van der Waals surface area contributed by atoms with Crippen LogP contribution in [0.1, 0.15) is 52.4 Å². The van der Waals surface area contributed by atoms with Gasteiger partial charge >= 0.3 is 0 Å². The van der Waals surface area contributed by atoms with Gasteiger partial charge in [0.05, 0.1) is 6.10 Å². The first-order chi connectivity index (χ1) is 7.77. The zero-order chi connectivity index (χ0) is 11.4. The molecule has 0 spiro atoms. The molecule has 2 nitrogen and oxygen atoms in total. The molecule has 94 valence electrons. The summed E-state index contributed by atoms with van der Waals surface area (Å²) in [6.07, 6.45) is 8.55. The Bertz CT molecular complexity index is 191. The highest BCUT2D eigenvalue weighted by molar-refractivity contribution is 4.84. The maximum atomic E-state index is 5.78. The molecule has 1 saturated heterocycles. The van der Waals surface area contributed by atoms with Crippen molar-refractivity contribution < 1.29 is 4.74 Å². The fourth-order valence-electron chi connectivity index (χ4n) is 3.32. The van der Waals surface area contributed by atoms with Crippen molar-refractivity contribution in [3.8, 4) is 0 Å². The lowest BCUT2D eigenvalue weighted by Gasteiger charge is -2.36. The maximum absolute atomic E-state index is 5.78. The lowest BCUT2D eigenvalue weighted by atomic mass is 9.78. The highest BCUT2D eigenvalue weighted by Gasteiger charge is 2.28. The van der Waals surface area contributed by atoms with E-state index in [0.717, 1.165) is 31.0 Å². The summed E-state index contributed by atoms with van der Waals surface area (Å²) in [5.41, 5.74) is 0. The molecular formula is C14H27NO. The Hall–Kier alpha value is -0.0800. The van der Waals surface area contributed by atoms with Crippen molar-refractivity contribution in [2.45, 2.75) is 64.5 Å². The highest BCUT2D eigenvalue weighted by Crippen LogP contribution is 2.28. The molecule has 1 aliphatic heterocycles. The summed E-state index contributed by atoms with van der Waals surface area (Å²) in [5.74, 6) is 1.68. The van der Waals surface area contributed by atoms with Gasteiger partial charge in [-0.3, -0.25) is 0 Å². The van der Waals surface area contributed by atoms with Crippen LogP contribution in [-0.4, -0.2) is 25.3 Å². The van der Waals surface area contributed by atoms with Crippen molar-refractivity contribution in [3.05, 3.63) is 0 Å². The van der Waals surface area contributed by atoms with Gasteiger partial charge in [0.25, 0.3) is 0 Å². The van der Waals surface area contributed by atoms with Gasteiger partial charge in [0.1, 0.15) is 0 Å². The minimum absolute atomic E-state index is 0.482. The van der Waals surface area contributed by atoms with E-state index in [1.165, 1.54) is 38.5 Å². The van der Waals surface area contributed by atoms with Crippen molar-refractivity contribution in [2.24, 2.45) is 11.8 Å². The monoisotopic (exact) mass is 225 g/mol. The van der Waals surface area contributed by atoms with Crippen LogP contribution in [0, 0.1) is 11.8 Å². The first-order valence-corrected chi connectivity index (χ1v) is 7.12. The molecule has 3 unspecified atom stereocenters. The number of nitrogens with one attached hydrogen (secondary N) is 1. The van der Waals surface area contributed by atoms with Crippen LogP contribution >= 0.6 is 0 Å². The predicted molar refractivity (Wildman–Crippen MR) is 67.6 cm³/mol. The molecule has 1 saturated carbocycles. The molecule has 0 amide bonds. The van der Waals surface area contributed by atoms with Crippen LogP contribution in [0.15, 0.2) is 0 Å². The fourth-order valence-corrected chi connectivity index (χ4v) is 3.32. The molecule has 16 heavy (non-hydrogen) atoms. The molecule has 1 heterocycles. The quantitative estimate of drug-likeness (QED) is 0.797. The number of ether oxygens (including phenoxy) is 1. The molecule has 0 bridgehead atoms. The van der Waals surface area contributed by atoms with Gasteiger partial charge in [0.15, 0.2) is 0 Å². The minimum atomic E-state index is 0.482. The van der Waals surface area contributed by atoms with Crippen molar-refractivity contribution >= 4 is 0 Å². The van der Waals surface area contributed by atoms with E-state index in [2.05, 4.69) is 19.2 Å². The molecule has 0 aromatic rings. The molecule has 0 radical (unpaired) electrons. The van der Waals surface area contributed by atoms with Gasteiger partial charge in [-0.15, -0.1) is 0 Å². The molecule has 0 aromatic carbocycles. The standard InChI is InChI=1S/C14H27NO/c1-11-6-5-7-12(2)14(11)15-10-13-8-3-4-9-16-13/h11-15H,3-10H2,1-2H3. The van der Waals surface area contributed by atoms with Crippen LogP contribution in [0.5, 0.6) is 0 Å². The lowest BCUT2D eigenvalue weighted by molar-refractivity contribution is 0.0117. The Morgan fingerprint density at radius 3 is 2.38 bits per heavy atom. The Labute approximate surface area is 100 Å². The van der Waals surface area contributed by atoms with Crippen LogP contribution in [0.3, 0.4) is 0 Å². The average molecular weight is 225 g/mol. The van der Waals surface area contributed by atoms with E-state index in [1.54, 1.807) is 0 Å². The summed E-state index contributed by atoms with van der Waals surface area (Å²) in [5, 5.41) is 3.77. The van der Waals surface area contributed by atoms with Crippen molar-refractivity contribution in [1.29, 1.82) is 0 Å². The molecule has 2 aliphatic rings. The largest absolute Gasteiger partial charge is 0.377 e. The Kier molecular flexibility index (Phi) is 4.66. The fraction of sp³-hybridized carbons (Fsp3) is 1.00. The molecule has 0 aromatic heterocycles. The number of rotatable bonds is 3. The third-order valence-corrected chi connectivity index (χ3v) is 4.40. The van der Waals surface area contributed by atoms with Crippen LogP contribution in [0.25, 0.3) is 0 Å². The van der Waals surface area contributed by atoms with Gasteiger partial charge < -0.3 is 10.1 Å². The summed E-state index contributed by atoms with van der Waals surface area (Å²) < 4.78 is 5.78. The van der Waals surface area contributed by atoms with E-state index >= 15 is 0 Å². The number of hydrogen-bond acceptors (Lipinski definition) is 2. The molecular weight excluding hydrogens is 198 g/mol. The highest BCUT2D eigenvalue weighted by atomic mass is 16.5. The van der Waals surface area contributed by atoms with Gasteiger partial charge in [0.2, 0.25) is 0 Å². The molecule has 1 aliphatic carbocycles. The number of hydrogen-bond donors (Lipinski definition) is 1. The van der Waals surface area contributed by atoms with E-state index in [-0.39, 0.29) is 0 Å². The van der Waals surface area contributed by atoms with E-state index in [4.69, 9.17) is 4.74 Å². The summed E-state index contributed by atoms with van der Waals surface area (Å²) >= 11 is 0. The van der Waals surface area contributed by atoms with E-state index < -0.39 is 0 Å². The first kappa shape index (κ1) is 12.4. The zero-order valence-electron chi connectivity index (χ0n) is 10.9. The zero-order valence-corrected chi connectivity index (χ0v) is 10.9. The third kappa shape index (κ3) is 3.21. The minimum Gasteiger partial charge on any atom is -0.377 e. The summed E-state index contributed by atoms with van der Waals surface area (Å²) in [4.78, 5) is 0. The molecule has 2 rings (SSSR count). The maximum Gasteiger partial charge on any atom is 0.0699 e. The second-order valence-electron chi connectivity index (χ2n) is 5.81. The van der Waals surface area contributed by atoms with Gasteiger partial charge in [-0.05, 0) is 43.9 Å². The first-order valence-electron chi connectivity index (χ1n) is 7.12. The molecule has 2 heteroatoms. The smallest absolute Gasteiger partial charge is 0.0699 e. The Morgan fingerprint density at radius 2 is 1.75 bits per heavy atom. The van der Waals surface area contributed by atoms with E-state index in [1.807, 2.05) is 0 Å². The van der Waals surface area contributed by atoms with Gasteiger partial charge in [0, 0.05) is 19.2 Å². The molecule has 2 fully saturated rings. The lowest BCUT2D eigenvalue weighted by Crippen LogP contribution is -2.46. The molecule has 1 N–H and O–H groups in total. The average Bonchev–Trinajstić information content (AvgIpc) is 2.30. The van der Waals surface area contributed by atoms with E-state index in [9.17, 15) is 0 Å². The van der Waals surface area contributed by atoms with Crippen LogP contribution in [-0.2, 0) is 4.74 Å². The SMILES string of the molecule is CC1CCCC(C)C1NCC1CCCCO1. The summed E-state index contributed by atoms with van der Waals surface area (Å²) in [6, 6.07) is 0.722. The van der Waals surface area contributed by atoms with Crippen molar-refractivity contribution in [3.63, 3.8) is 0 Å². The van der Waals surface area contributed by atoms with Gasteiger partial charge in [-0.25, -0.2) is 0 Å². The van der Waals surface area contributed by atoms with E-state index in [0.29, 0.717) is 6.10 Å². The Balaban J connectivity index is 1.74. The van der Waals surface area contributed by atoms with Gasteiger partial charge in [-0.2, -0.15) is 0 Å². The predicted octanol–water partition coefficient (Wildman–Crippen LogP) is 2.97. The van der Waals surface area contributed by atoms with Crippen molar-refractivity contribution in [2.75, 3.05) is 13.2 Å². The van der Waals surface area contributed by atoms with Gasteiger partial charge in [-0.1, -0.05) is 20.3 Å². The topological polar surface area (TPSA) is 21.3 Å². The Morgan fingerprint density at radius 1 is 1.00 bits per heavy atom. The van der Waals surface area contributed by atoms with Crippen LogP contribution < -0.4 is 5.32 Å². The second-order valence-corrected chi connectivity index (χ2v) is 5.81. The normalized spacial score (nSPS) is 40.9. The van der Waals surface area contributed by atoms with Crippen molar-refractivity contribution in [1.82, 2.24) is 5.32 Å². The summed E-state index contributed by atoms with van der Waals surface area (Å²) in [6.45, 7) is 6.84. The van der Waals surface area contributed by atoms with Crippen LogP contribution in [0.4, 0.5) is 0 Å². The molecule has 3 atom stereocenters. The summed E-state index contributed by atoms with van der Waals surface area (Å²) in [7, 11) is 0. The second kappa shape index (κ2) is 6.02.